The molecule has 0 fully saturated rings. The van der Waals surface area contributed by atoms with E-state index in [1.54, 1.807) is 25.2 Å². The Labute approximate surface area is 133 Å². The highest BCUT2D eigenvalue weighted by atomic mass is 16.2. The lowest BCUT2D eigenvalue weighted by atomic mass is 9.77. The Morgan fingerprint density at radius 1 is 1.30 bits per heavy atom. The second-order valence-electron chi connectivity index (χ2n) is 6.03. The molecule has 0 spiro atoms. The van der Waals surface area contributed by atoms with E-state index < -0.39 is 0 Å². The van der Waals surface area contributed by atoms with E-state index in [0.717, 1.165) is 17.5 Å². The molecule has 1 aromatic heterocycles. The fraction of sp³-hybridized carbons (Fsp3) is 0.222. The number of aromatic amines is 1. The molecule has 0 saturated heterocycles. The van der Waals surface area contributed by atoms with Crippen molar-refractivity contribution in [2.45, 2.75) is 12.3 Å². The van der Waals surface area contributed by atoms with Gasteiger partial charge in [-0.15, -0.1) is 0 Å². The lowest BCUT2D eigenvalue weighted by Crippen LogP contribution is -2.33. The first-order valence-corrected chi connectivity index (χ1v) is 7.68. The minimum Gasteiger partial charge on any atom is -0.351 e. The van der Waals surface area contributed by atoms with Gasteiger partial charge in [-0.05, 0) is 35.7 Å². The number of aryl methyl sites for hydroxylation is 1. The van der Waals surface area contributed by atoms with Gasteiger partial charge in [0.25, 0.3) is 5.91 Å². The average molecular weight is 307 g/mol. The summed E-state index contributed by atoms with van der Waals surface area (Å²) in [5.41, 5.74) is 4.56. The Kier molecular flexibility index (Phi) is 3.08. The predicted octanol–water partition coefficient (Wildman–Crippen LogP) is 1.94. The van der Waals surface area contributed by atoms with E-state index >= 15 is 0 Å². The van der Waals surface area contributed by atoms with E-state index in [1.165, 1.54) is 15.7 Å². The van der Waals surface area contributed by atoms with Crippen LogP contribution in [-0.2, 0) is 13.5 Å². The summed E-state index contributed by atoms with van der Waals surface area (Å²) in [4.78, 5) is 26.7. The van der Waals surface area contributed by atoms with Crippen LogP contribution in [0.2, 0.25) is 0 Å². The quantitative estimate of drug-likeness (QED) is 0.776. The minimum absolute atomic E-state index is 0.107. The van der Waals surface area contributed by atoms with Crippen LogP contribution in [0, 0.1) is 0 Å². The molecule has 1 heterocycles. The van der Waals surface area contributed by atoms with Gasteiger partial charge < -0.3 is 10.3 Å². The van der Waals surface area contributed by atoms with Crippen molar-refractivity contribution in [1.82, 2.24) is 14.9 Å². The summed E-state index contributed by atoms with van der Waals surface area (Å²) in [6, 6.07) is 13.6. The zero-order valence-electron chi connectivity index (χ0n) is 12.8. The fourth-order valence-electron chi connectivity index (χ4n) is 3.23. The number of fused-ring (bicyclic) bond motifs is 2. The molecule has 116 valence electrons. The van der Waals surface area contributed by atoms with Gasteiger partial charge in [0, 0.05) is 25.1 Å². The summed E-state index contributed by atoms with van der Waals surface area (Å²) in [6.07, 6.45) is 1.02. The van der Waals surface area contributed by atoms with Crippen LogP contribution >= 0.6 is 0 Å². The highest BCUT2D eigenvalue weighted by Gasteiger charge is 2.25. The van der Waals surface area contributed by atoms with Crippen LogP contribution < -0.4 is 11.0 Å². The zero-order valence-corrected chi connectivity index (χ0v) is 12.8. The van der Waals surface area contributed by atoms with Gasteiger partial charge in [0.2, 0.25) is 0 Å². The molecule has 1 atom stereocenters. The summed E-state index contributed by atoms with van der Waals surface area (Å²) < 4.78 is 1.51. The van der Waals surface area contributed by atoms with Crippen molar-refractivity contribution in [2.24, 2.45) is 7.05 Å². The van der Waals surface area contributed by atoms with Gasteiger partial charge in [0.15, 0.2) is 0 Å². The second kappa shape index (κ2) is 5.12. The summed E-state index contributed by atoms with van der Waals surface area (Å²) in [7, 11) is 1.69. The molecule has 0 radical (unpaired) electrons. The van der Waals surface area contributed by atoms with Crippen LogP contribution in [0.1, 0.15) is 27.4 Å². The van der Waals surface area contributed by atoms with E-state index in [2.05, 4.69) is 22.4 Å². The molecule has 5 nitrogen and oxygen atoms in total. The summed E-state index contributed by atoms with van der Waals surface area (Å²) >= 11 is 0. The standard InChI is InChI=1S/C18H17N3O2/c1-21-16-9-12(6-7-15(16)20-18(21)23)17(22)19-10-13-8-11-4-2-3-5-14(11)13/h2-7,9,13H,8,10H2,1H3,(H,19,22)(H,20,23). The molecule has 1 aliphatic carbocycles. The minimum atomic E-state index is -0.177. The normalized spacial score (nSPS) is 16.0. The molecule has 0 saturated carbocycles. The van der Waals surface area contributed by atoms with Crippen LogP contribution in [0.25, 0.3) is 11.0 Å². The van der Waals surface area contributed by atoms with Crippen LogP contribution in [0.4, 0.5) is 0 Å². The van der Waals surface area contributed by atoms with E-state index in [0.29, 0.717) is 18.0 Å². The van der Waals surface area contributed by atoms with Gasteiger partial charge in [-0.2, -0.15) is 0 Å². The molecule has 2 aromatic carbocycles. The third-order valence-electron chi connectivity index (χ3n) is 4.64. The number of nitrogens with one attached hydrogen (secondary N) is 2. The molecule has 23 heavy (non-hydrogen) atoms. The maximum atomic E-state index is 12.4. The SMILES string of the molecule is Cn1c(=O)[nH]c2ccc(C(=O)NCC3Cc4ccccc43)cc21. The smallest absolute Gasteiger partial charge is 0.326 e. The Bertz CT molecular complexity index is 968. The number of carbonyl (C=O) groups excluding carboxylic acids is 1. The van der Waals surface area contributed by atoms with Gasteiger partial charge in [0.1, 0.15) is 0 Å². The van der Waals surface area contributed by atoms with Crippen molar-refractivity contribution >= 4 is 16.9 Å². The first-order chi connectivity index (χ1) is 11.1. The van der Waals surface area contributed by atoms with Crippen molar-refractivity contribution in [3.05, 3.63) is 69.6 Å². The van der Waals surface area contributed by atoms with Crippen LogP contribution in [0.5, 0.6) is 0 Å². The number of carbonyl (C=O) groups is 1. The van der Waals surface area contributed by atoms with Crippen LogP contribution in [0.3, 0.4) is 0 Å². The molecular weight excluding hydrogens is 290 g/mol. The molecule has 3 aromatic rings. The molecule has 1 unspecified atom stereocenters. The van der Waals surface area contributed by atoms with Crippen molar-refractivity contribution in [3.63, 3.8) is 0 Å². The number of nitrogens with zero attached hydrogens (tertiary/aromatic N) is 1. The molecule has 5 heteroatoms. The number of aromatic nitrogens is 2. The van der Waals surface area contributed by atoms with E-state index in [1.807, 2.05) is 12.1 Å². The predicted molar refractivity (Wildman–Crippen MR) is 88.8 cm³/mol. The van der Waals surface area contributed by atoms with Crippen molar-refractivity contribution < 1.29 is 4.79 Å². The van der Waals surface area contributed by atoms with Gasteiger partial charge in [0.05, 0.1) is 11.0 Å². The van der Waals surface area contributed by atoms with Gasteiger partial charge in [-0.3, -0.25) is 9.36 Å². The summed E-state index contributed by atoms with van der Waals surface area (Å²) in [5.74, 6) is 0.292. The number of H-pyrrole nitrogens is 1. The molecule has 4 rings (SSSR count). The maximum Gasteiger partial charge on any atom is 0.326 e. The van der Waals surface area contributed by atoms with E-state index in [-0.39, 0.29) is 11.6 Å². The Balaban J connectivity index is 1.50. The number of rotatable bonds is 3. The Hall–Kier alpha value is -2.82. The van der Waals surface area contributed by atoms with Crippen molar-refractivity contribution in [3.8, 4) is 0 Å². The third-order valence-corrected chi connectivity index (χ3v) is 4.64. The molecule has 2 N–H and O–H groups in total. The van der Waals surface area contributed by atoms with Gasteiger partial charge >= 0.3 is 5.69 Å². The van der Waals surface area contributed by atoms with Gasteiger partial charge in [-0.25, -0.2) is 4.79 Å². The second-order valence-corrected chi connectivity index (χ2v) is 6.03. The van der Waals surface area contributed by atoms with Crippen molar-refractivity contribution in [2.75, 3.05) is 6.54 Å². The zero-order chi connectivity index (χ0) is 16.0. The van der Waals surface area contributed by atoms with Crippen molar-refractivity contribution in [1.29, 1.82) is 0 Å². The summed E-state index contributed by atoms with van der Waals surface area (Å²) in [5, 5.41) is 3.00. The molecule has 0 bridgehead atoms. The number of hydrogen-bond donors (Lipinski definition) is 2. The topological polar surface area (TPSA) is 66.9 Å². The average Bonchev–Trinajstić information content (AvgIpc) is 2.82. The lowest BCUT2D eigenvalue weighted by Gasteiger charge is -2.30. The number of imidazole rings is 1. The molecular formula is C18H17N3O2. The molecule has 1 aliphatic rings. The summed E-state index contributed by atoms with van der Waals surface area (Å²) in [6.45, 7) is 0.639. The number of hydrogen-bond acceptors (Lipinski definition) is 2. The third kappa shape index (κ3) is 2.25. The first-order valence-electron chi connectivity index (χ1n) is 7.68. The largest absolute Gasteiger partial charge is 0.351 e. The fourth-order valence-corrected chi connectivity index (χ4v) is 3.23. The highest BCUT2D eigenvalue weighted by molar-refractivity contribution is 5.97. The first kappa shape index (κ1) is 13.8. The van der Waals surface area contributed by atoms with Crippen LogP contribution in [-0.4, -0.2) is 22.0 Å². The Morgan fingerprint density at radius 2 is 2.13 bits per heavy atom. The van der Waals surface area contributed by atoms with E-state index in [9.17, 15) is 9.59 Å². The molecule has 0 aliphatic heterocycles. The van der Waals surface area contributed by atoms with E-state index in [4.69, 9.17) is 0 Å². The van der Waals surface area contributed by atoms with Crippen LogP contribution in [0.15, 0.2) is 47.3 Å². The monoisotopic (exact) mass is 307 g/mol. The van der Waals surface area contributed by atoms with Gasteiger partial charge in [-0.1, -0.05) is 24.3 Å². The number of benzene rings is 2. The lowest BCUT2D eigenvalue weighted by molar-refractivity contribution is 0.0950. The highest BCUT2D eigenvalue weighted by Crippen LogP contribution is 2.34. The number of amides is 1. The Morgan fingerprint density at radius 3 is 2.96 bits per heavy atom. The molecule has 1 amide bonds. The maximum absolute atomic E-state index is 12.4.